The summed E-state index contributed by atoms with van der Waals surface area (Å²) in [6.45, 7) is 4.97. The van der Waals surface area contributed by atoms with Crippen molar-refractivity contribution in [1.29, 1.82) is 0 Å². The van der Waals surface area contributed by atoms with E-state index in [1.807, 2.05) is 53.9 Å². The third kappa shape index (κ3) is 5.31. The molecule has 0 saturated carbocycles. The van der Waals surface area contributed by atoms with Crippen molar-refractivity contribution in [1.82, 2.24) is 4.98 Å². The van der Waals surface area contributed by atoms with Crippen LogP contribution in [-0.2, 0) is 0 Å². The molecule has 1 heterocycles. The number of anilines is 1. The first-order valence-electron chi connectivity index (χ1n) is 8.76. The molecule has 3 aromatic rings. The topological polar surface area (TPSA) is 55.7 Å². The molecular formula is C21H23N3O2S. The van der Waals surface area contributed by atoms with Gasteiger partial charge in [0, 0.05) is 10.9 Å². The molecule has 0 bridgehead atoms. The van der Waals surface area contributed by atoms with Gasteiger partial charge in [-0.2, -0.15) is 5.10 Å². The highest BCUT2D eigenvalue weighted by atomic mass is 32.1. The van der Waals surface area contributed by atoms with Gasteiger partial charge in [-0.05, 0) is 47.9 Å². The number of hydrazone groups is 1. The van der Waals surface area contributed by atoms with Crippen molar-refractivity contribution < 1.29 is 9.47 Å². The Balaban J connectivity index is 1.60. The van der Waals surface area contributed by atoms with Crippen molar-refractivity contribution in [2.45, 2.75) is 13.8 Å². The lowest BCUT2D eigenvalue weighted by Gasteiger charge is -2.08. The maximum atomic E-state index is 5.68. The van der Waals surface area contributed by atoms with E-state index < -0.39 is 0 Å². The third-order valence-corrected chi connectivity index (χ3v) is 4.47. The summed E-state index contributed by atoms with van der Waals surface area (Å²) < 4.78 is 11.1. The van der Waals surface area contributed by atoms with Gasteiger partial charge in [0.05, 0.1) is 25.6 Å². The highest BCUT2D eigenvalue weighted by molar-refractivity contribution is 7.14. The van der Waals surface area contributed by atoms with E-state index in [9.17, 15) is 0 Å². The van der Waals surface area contributed by atoms with E-state index >= 15 is 0 Å². The first kappa shape index (κ1) is 18.9. The molecule has 6 heteroatoms. The van der Waals surface area contributed by atoms with Gasteiger partial charge in [0.25, 0.3) is 0 Å². The maximum absolute atomic E-state index is 5.68. The maximum Gasteiger partial charge on any atom is 0.203 e. The minimum atomic E-state index is 0.509. The summed E-state index contributed by atoms with van der Waals surface area (Å²) in [5, 5.41) is 6.97. The molecule has 0 radical (unpaired) electrons. The number of aromatic nitrogens is 1. The number of benzene rings is 2. The van der Waals surface area contributed by atoms with Crippen LogP contribution in [0.5, 0.6) is 11.5 Å². The molecule has 0 aliphatic rings. The van der Waals surface area contributed by atoms with Gasteiger partial charge in [-0.15, -0.1) is 11.3 Å². The number of hydrogen-bond acceptors (Lipinski definition) is 6. The van der Waals surface area contributed by atoms with Gasteiger partial charge in [-0.1, -0.05) is 26.0 Å². The Morgan fingerprint density at radius 2 is 1.93 bits per heavy atom. The van der Waals surface area contributed by atoms with E-state index in [4.69, 9.17) is 9.47 Å². The summed E-state index contributed by atoms with van der Waals surface area (Å²) in [4.78, 5) is 4.57. The normalized spacial score (nSPS) is 11.1. The molecule has 0 amide bonds. The summed E-state index contributed by atoms with van der Waals surface area (Å²) in [5.41, 5.74) is 5.79. The molecule has 0 spiro atoms. The fourth-order valence-electron chi connectivity index (χ4n) is 2.38. The van der Waals surface area contributed by atoms with Crippen molar-refractivity contribution >= 4 is 22.7 Å². The number of nitrogens with one attached hydrogen (secondary N) is 1. The van der Waals surface area contributed by atoms with Crippen LogP contribution < -0.4 is 14.9 Å². The molecule has 3 rings (SSSR count). The molecule has 27 heavy (non-hydrogen) atoms. The molecule has 5 nitrogen and oxygen atoms in total. The Morgan fingerprint density at radius 1 is 1.15 bits per heavy atom. The molecule has 1 aromatic heterocycles. The molecule has 2 aromatic carbocycles. The molecule has 140 valence electrons. The van der Waals surface area contributed by atoms with Crippen LogP contribution in [0.3, 0.4) is 0 Å². The second-order valence-electron chi connectivity index (χ2n) is 6.38. The quantitative estimate of drug-likeness (QED) is 0.425. The van der Waals surface area contributed by atoms with Crippen LogP contribution in [0.2, 0.25) is 0 Å². The van der Waals surface area contributed by atoms with E-state index in [1.165, 1.54) is 11.3 Å². The van der Waals surface area contributed by atoms with Crippen molar-refractivity contribution in [2.75, 3.05) is 19.1 Å². The summed E-state index contributed by atoms with van der Waals surface area (Å²) in [6.07, 6.45) is 1.76. The summed E-state index contributed by atoms with van der Waals surface area (Å²) in [7, 11) is 1.66. The van der Waals surface area contributed by atoms with Crippen LogP contribution in [0, 0.1) is 5.92 Å². The second-order valence-corrected chi connectivity index (χ2v) is 7.24. The largest absolute Gasteiger partial charge is 0.496 e. The van der Waals surface area contributed by atoms with Crippen LogP contribution in [-0.4, -0.2) is 24.9 Å². The van der Waals surface area contributed by atoms with Gasteiger partial charge >= 0.3 is 0 Å². The second kappa shape index (κ2) is 9.19. The van der Waals surface area contributed by atoms with Crippen molar-refractivity contribution in [2.24, 2.45) is 11.0 Å². The summed E-state index contributed by atoms with van der Waals surface area (Å²) in [5.74, 6) is 2.18. The zero-order valence-corrected chi connectivity index (χ0v) is 16.5. The number of hydrogen-bond donors (Lipinski definition) is 1. The Bertz CT molecular complexity index is 888. The Kier molecular flexibility index (Phi) is 6.44. The van der Waals surface area contributed by atoms with Crippen molar-refractivity contribution in [3.8, 4) is 22.8 Å². The minimum absolute atomic E-state index is 0.509. The van der Waals surface area contributed by atoms with Crippen LogP contribution in [0.25, 0.3) is 11.3 Å². The number of para-hydroxylation sites is 1. The summed E-state index contributed by atoms with van der Waals surface area (Å²) >= 11 is 1.50. The average Bonchev–Trinajstić information content (AvgIpc) is 3.16. The number of thiazole rings is 1. The third-order valence-electron chi connectivity index (χ3n) is 3.72. The Labute approximate surface area is 163 Å². The van der Waals surface area contributed by atoms with Gasteiger partial charge in [0.2, 0.25) is 5.13 Å². The van der Waals surface area contributed by atoms with E-state index in [0.29, 0.717) is 12.5 Å². The molecular weight excluding hydrogens is 358 g/mol. The van der Waals surface area contributed by atoms with Crippen molar-refractivity contribution in [3.05, 3.63) is 59.5 Å². The number of nitrogens with zero attached hydrogens (tertiary/aromatic N) is 2. The van der Waals surface area contributed by atoms with Crippen LogP contribution in [0.4, 0.5) is 5.13 Å². The predicted molar refractivity (Wildman–Crippen MR) is 112 cm³/mol. The number of ether oxygens (including phenoxy) is 2. The molecule has 0 fully saturated rings. The number of methoxy groups -OCH3 is 1. The van der Waals surface area contributed by atoms with E-state index in [1.54, 1.807) is 13.3 Å². The van der Waals surface area contributed by atoms with Gasteiger partial charge in [-0.25, -0.2) is 4.98 Å². The van der Waals surface area contributed by atoms with E-state index in [-0.39, 0.29) is 0 Å². The molecule has 0 saturated heterocycles. The van der Waals surface area contributed by atoms with E-state index in [2.05, 4.69) is 29.4 Å². The monoisotopic (exact) mass is 381 g/mol. The molecule has 0 aliphatic heterocycles. The minimum Gasteiger partial charge on any atom is -0.496 e. The van der Waals surface area contributed by atoms with Gasteiger partial charge in [0.1, 0.15) is 11.5 Å². The zero-order chi connectivity index (χ0) is 19.1. The lowest BCUT2D eigenvalue weighted by molar-refractivity contribution is 0.271. The fourth-order valence-corrected chi connectivity index (χ4v) is 3.04. The van der Waals surface area contributed by atoms with Gasteiger partial charge in [0.15, 0.2) is 0 Å². The smallest absolute Gasteiger partial charge is 0.203 e. The Hall–Kier alpha value is -2.86. The highest BCUT2D eigenvalue weighted by Crippen LogP contribution is 2.31. The highest BCUT2D eigenvalue weighted by Gasteiger charge is 2.08. The predicted octanol–water partition coefficient (Wildman–Crippen LogP) is 5.30. The molecule has 0 atom stereocenters. The number of rotatable bonds is 8. The lowest BCUT2D eigenvalue weighted by atomic mass is 10.1. The standard InChI is InChI=1S/C21H23N3O2S/c1-15(2)13-26-17-10-8-16(9-11-17)12-22-24-21-23-19(14-27-21)18-6-4-5-7-20(18)25-3/h4-12,14-15H,13H2,1-3H3,(H,23,24)/b22-12-. The zero-order valence-electron chi connectivity index (χ0n) is 15.7. The van der Waals surface area contributed by atoms with Gasteiger partial charge < -0.3 is 9.47 Å². The van der Waals surface area contributed by atoms with Crippen molar-refractivity contribution in [3.63, 3.8) is 0 Å². The van der Waals surface area contributed by atoms with E-state index in [0.717, 1.165) is 33.5 Å². The SMILES string of the molecule is COc1ccccc1-c1csc(N/N=C\c2ccc(OCC(C)C)cc2)n1. The lowest BCUT2D eigenvalue weighted by Crippen LogP contribution is -2.04. The molecule has 1 N–H and O–H groups in total. The average molecular weight is 382 g/mol. The van der Waals surface area contributed by atoms with Crippen LogP contribution in [0.1, 0.15) is 19.4 Å². The van der Waals surface area contributed by atoms with Gasteiger partial charge in [-0.3, -0.25) is 5.43 Å². The first-order valence-corrected chi connectivity index (χ1v) is 9.64. The first-order chi connectivity index (χ1) is 13.2. The summed E-state index contributed by atoms with van der Waals surface area (Å²) in [6, 6.07) is 15.7. The Morgan fingerprint density at radius 3 is 2.67 bits per heavy atom. The fraction of sp³-hybridized carbons (Fsp3) is 0.238. The molecule has 0 unspecified atom stereocenters. The molecule has 0 aliphatic carbocycles. The van der Waals surface area contributed by atoms with Crippen LogP contribution >= 0.6 is 11.3 Å². The van der Waals surface area contributed by atoms with Crippen LogP contribution in [0.15, 0.2) is 59.0 Å².